The van der Waals surface area contributed by atoms with Crippen LogP contribution in [0.5, 0.6) is 5.75 Å². The highest BCUT2D eigenvalue weighted by molar-refractivity contribution is 5.29. The van der Waals surface area contributed by atoms with Gasteiger partial charge in [-0.25, -0.2) is 4.39 Å². The highest BCUT2D eigenvalue weighted by Gasteiger charge is 2.05. The third kappa shape index (κ3) is 5.16. The first-order valence-corrected chi connectivity index (χ1v) is 7.30. The van der Waals surface area contributed by atoms with E-state index in [4.69, 9.17) is 4.74 Å². The van der Waals surface area contributed by atoms with Crippen LogP contribution in [0.25, 0.3) is 0 Å². The van der Waals surface area contributed by atoms with E-state index in [-0.39, 0.29) is 5.82 Å². The van der Waals surface area contributed by atoms with Crippen molar-refractivity contribution < 1.29 is 9.13 Å². The minimum absolute atomic E-state index is 0.305. The Hall–Kier alpha value is -1.94. The van der Waals surface area contributed by atoms with Gasteiger partial charge in [-0.05, 0) is 48.4 Å². The summed E-state index contributed by atoms with van der Waals surface area (Å²) in [4.78, 5) is 3.96. The van der Waals surface area contributed by atoms with E-state index in [2.05, 4.69) is 17.2 Å². The first kappa shape index (κ1) is 15.4. The van der Waals surface area contributed by atoms with Gasteiger partial charge in [-0.2, -0.15) is 0 Å². The molecule has 0 radical (unpaired) electrons. The lowest BCUT2D eigenvalue weighted by Crippen LogP contribution is -2.14. The second kappa shape index (κ2) is 8.37. The average Bonchev–Trinajstić information content (AvgIpc) is 2.51. The molecule has 1 heterocycles. The van der Waals surface area contributed by atoms with E-state index in [1.54, 1.807) is 18.5 Å². The minimum atomic E-state index is -0.305. The Morgan fingerprint density at radius 1 is 1.14 bits per heavy atom. The number of pyridine rings is 1. The maximum atomic E-state index is 13.9. The van der Waals surface area contributed by atoms with Crippen LogP contribution in [0.3, 0.4) is 0 Å². The first-order valence-electron chi connectivity index (χ1n) is 7.30. The number of hydrogen-bond acceptors (Lipinski definition) is 3. The molecule has 1 N–H and O–H groups in total. The van der Waals surface area contributed by atoms with Crippen molar-refractivity contribution in [1.29, 1.82) is 0 Å². The molecule has 1 aromatic carbocycles. The molecule has 1 aromatic heterocycles. The van der Waals surface area contributed by atoms with Crippen molar-refractivity contribution in [3.05, 3.63) is 59.7 Å². The van der Waals surface area contributed by atoms with Crippen LogP contribution >= 0.6 is 0 Å². The third-order valence-corrected chi connectivity index (χ3v) is 3.15. The molecular weight excluding hydrogens is 267 g/mol. The second-order valence-corrected chi connectivity index (χ2v) is 4.90. The molecule has 0 saturated carbocycles. The summed E-state index contributed by atoms with van der Waals surface area (Å²) >= 11 is 0. The number of aromatic nitrogens is 1. The standard InChI is InChI=1S/C17H21FN2O/c1-2-8-20-13-15-3-4-17(16(18)12-15)21-11-7-14-5-9-19-10-6-14/h3-6,9-10,12,20H,2,7-8,11,13H2,1H3. The van der Waals surface area contributed by atoms with E-state index in [0.717, 1.165) is 30.5 Å². The number of nitrogens with zero attached hydrogens (tertiary/aromatic N) is 1. The molecule has 0 unspecified atom stereocenters. The molecule has 0 spiro atoms. The summed E-state index contributed by atoms with van der Waals surface area (Å²) in [5.41, 5.74) is 2.06. The number of ether oxygens (including phenoxy) is 1. The van der Waals surface area contributed by atoms with E-state index >= 15 is 0 Å². The molecule has 0 aliphatic carbocycles. The molecule has 0 saturated heterocycles. The topological polar surface area (TPSA) is 34.1 Å². The highest BCUT2D eigenvalue weighted by Crippen LogP contribution is 2.18. The summed E-state index contributed by atoms with van der Waals surface area (Å²) in [6.45, 7) is 4.18. The molecule has 2 rings (SSSR count). The lowest BCUT2D eigenvalue weighted by molar-refractivity contribution is 0.305. The van der Waals surface area contributed by atoms with Crippen LogP contribution in [0.4, 0.5) is 4.39 Å². The molecule has 0 aliphatic rings. The van der Waals surface area contributed by atoms with Gasteiger partial charge in [0.2, 0.25) is 0 Å². The van der Waals surface area contributed by atoms with Gasteiger partial charge in [-0.1, -0.05) is 13.0 Å². The van der Waals surface area contributed by atoms with Crippen molar-refractivity contribution in [3.63, 3.8) is 0 Å². The Kier molecular flexibility index (Phi) is 6.16. The smallest absolute Gasteiger partial charge is 0.165 e. The second-order valence-electron chi connectivity index (χ2n) is 4.90. The molecule has 112 valence electrons. The van der Waals surface area contributed by atoms with Crippen LogP contribution in [-0.4, -0.2) is 18.1 Å². The summed E-state index contributed by atoms with van der Waals surface area (Å²) in [6, 6.07) is 8.99. The molecule has 21 heavy (non-hydrogen) atoms. The largest absolute Gasteiger partial charge is 0.490 e. The van der Waals surface area contributed by atoms with Crippen LogP contribution in [0.2, 0.25) is 0 Å². The fourth-order valence-corrected chi connectivity index (χ4v) is 2.01. The van der Waals surface area contributed by atoms with Crippen molar-refractivity contribution in [2.24, 2.45) is 0 Å². The molecule has 3 nitrogen and oxygen atoms in total. The molecule has 4 heteroatoms. The highest BCUT2D eigenvalue weighted by atomic mass is 19.1. The van der Waals surface area contributed by atoms with E-state index in [0.29, 0.717) is 18.9 Å². The first-order chi connectivity index (χ1) is 10.3. The van der Waals surface area contributed by atoms with Gasteiger partial charge < -0.3 is 10.1 Å². The van der Waals surface area contributed by atoms with E-state index in [1.165, 1.54) is 6.07 Å². The van der Waals surface area contributed by atoms with Gasteiger partial charge in [-0.15, -0.1) is 0 Å². The summed E-state index contributed by atoms with van der Waals surface area (Å²) < 4.78 is 19.4. The number of benzene rings is 1. The number of hydrogen-bond donors (Lipinski definition) is 1. The van der Waals surface area contributed by atoms with Crippen LogP contribution in [-0.2, 0) is 13.0 Å². The van der Waals surface area contributed by atoms with Gasteiger partial charge in [0.05, 0.1) is 6.61 Å². The van der Waals surface area contributed by atoms with Crippen molar-refractivity contribution in [2.45, 2.75) is 26.3 Å². The fourth-order valence-electron chi connectivity index (χ4n) is 2.01. The molecule has 0 amide bonds. The zero-order chi connectivity index (χ0) is 14.9. The molecule has 0 aliphatic heterocycles. The molecular formula is C17H21FN2O. The molecule has 0 atom stereocenters. The number of nitrogens with one attached hydrogen (secondary N) is 1. The minimum Gasteiger partial charge on any atom is -0.490 e. The van der Waals surface area contributed by atoms with Crippen LogP contribution in [0.1, 0.15) is 24.5 Å². The maximum absolute atomic E-state index is 13.9. The van der Waals surface area contributed by atoms with Gasteiger partial charge in [0, 0.05) is 25.4 Å². The third-order valence-electron chi connectivity index (χ3n) is 3.15. The quantitative estimate of drug-likeness (QED) is 0.756. The van der Waals surface area contributed by atoms with E-state index in [9.17, 15) is 4.39 Å². The maximum Gasteiger partial charge on any atom is 0.165 e. The van der Waals surface area contributed by atoms with Crippen LogP contribution in [0.15, 0.2) is 42.7 Å². The Balaban J connectivity index is 1.83. The fraction of sp³-hybridized carbons (Fsp3) is 0.353. The van der Waals surface area contributed by atoms with Crippen molar-refractivity contribution in [2.75, 3.05) is 13.2 Å². The Morgan fingerprint density at radius 3 is 2.67 bits per heavy atom. The summed E-state index contributed by atoms with van der Waals surface area (Å²) in [5.74, 6) is 0.00354. The van der Waals surface area contributed by atoms with Crippen LogP contribution in [0, 0.1) is 5.82 Å². The predicted octanol–water partition coefficient (Wildman–Crippen LogP) is 3.34. The Bertz CT molecular complexity index is 546. The monoisotopic (exact) mass is 288 g/mol. The Labute approximate surface area is 125 Å². The van der Waals surface area contributed by atoms with Gasteiger partial charge in [0.25, 0.3) is 0 Å². The summed E-state index contributed by atoms with van der Waals surface area (Å²) in [5, 5.41) is 3.25. The number of rotatable bonds is 8. The van der Waals surface area contributed by atoms with Crippen LogP contribution < -0.4 is 10.1 Å². The lowest BCUT2D eigenvalue weighted by Gasteiger charge is -2.09. The lowest BCUT2D eigenvalue weighted by atomic mass is 10.2. The zero-order valence-corrected chi connectivity index (χ0v) is 12.3. The predicted molar refractivity (Wildman–Crippen MR) is 81.8 cm³/mol. The van der Waals surface area contributed by atoms with Gasteiger partial charge >= 0.3 is 0 Å². The van der Waals surface area contributed by atoms with Gasteiger partial charge in [-0.3, -0.25) is 4.98 Å². The van der Waals surface area contributed by atoms with Crippen molar-refractivity contribution in [1.82, 2.24) is 10.3 Å². The Morgan fingerprint density at radius 2 is 1.95 bits per heavy atom. The van der Waals surface area contributed by atoms with Crippen molar-refractivity contribution >= 4 is 0 Å². The average molecular weight is 288 g/mol. The SMILES string of the molecule is CCCNCc1ccc(OCCc2ccncc2)c(F)c1. The van der Waals surface area contributed by atoms with Crippen molar-refractivity contribution in [3.8, 4) is 5.75 Å². The van der Waals surface area contributed by atoms with Gasteiger partial charge in [0.1, 0.15) is 0 Å². The zero-order valence-electron chi connectivity index (χ0n) is 12.3. The summed E-state index contributed by atoms with van der Waals surface area (Å²) in [7, 11) is 0. The number of halogens is 1. The molecule has 2 aromatic rings. The summed E-state index contributed by atoms with van der Waals surface area (Å²) in [6.07, 6.45) is 5.29. The van der Waals surface area contributed by atoms with E-state index < -0.39 is 0 Å². The van der Waals surface area contributed by atoms with Gasteiger partial charge in [0.15, 0.2) is 11.6 Å². The van der Waals surface area contributed by atoms with E-state index in [1.807, 2.05) is 18.2 Å². The molecule has 0 bridgehead atoms. The molecule has 0 fully saturated rings. The normalized spacial score (nSPS) is 10.6.